The van der Waals surface area contributed by atoms with Crippen molar-refractivity contribution >= 4 is 41.8 Å². The molecule has 0 spiro atoms. The second-order valence-electron chi connectivity index (χ2n) is 7.94. The molecule has 0 radical (unpaired) electrons. The average Bonchev–Trinajstić information content (AvgIpc) is 3.45. The van der Waals surface area contributed by atoms with Crippen LogP contribution in [0.1, 0.15) is 26.2 Å². The van der Waals surface area contributed by atoms with Crippen LogP contribution in [0.3, 0.4) is 0 Å². The Bertz CT molecular complexity index is 1160. The first-order valence-electron chi connectivity index (χ1n) is 12.0. The number of hydrogen-bond acceptors (Lipinski definition) is 7. The molecule has 1 saturated heterocycles. The zero-order chi connectivity index (χ0) is 27.0. The molecule has 0 bridgehead atoms. The van der Waals surface area contributed by atoms with Crippen molar-refractivity contribution in [2.45, 2.75) is 26.2 Å². The minimum absolute atomic E-state index is 0.213. The van der Waals surface area contributed by atoms with E-state index in [9.17, 15) is 14.0 Å². The molecular formula is C27H35FN4O5. The smallest absolute Gasteiger partial charge is 0.233 e. The number of carbonyl (C=O) groups excluding carboxylic acids is 2. The molecule has 0 atom stereocenters. The van der Waals surface area contributed by atoms with E-state index >= 15 is 0 Å². The largest absolute Gasteiger partial charge is 0.491 e. The number of rotatable bonds is 10. The third-order valence-corrected chi connectivity index (χ3v) is 5.06. The lowest BCUT2D eigenvalue weighted by atomic mass is 10.2. The van der Waals surface area contributed by atoms with Crippen molar-refractivity contribution in [3.05, 3.63) is 52.7 Å². The van der Waals surface area contributed by atoms with E-state index < -0.39 is 11.7 Å². The fourth-order valence-electron chi connectivity index (χ4n) is 3.24. The van der Waals surface area contributed by atoms with Crippen molar-refractivity contribution in [3.63, 3.8) is 0 Å². The molecule has 1 heterocycles. The molecule has 3 rings (SSSR count). The summed E-state index contributed by atoms with van der Waals surface area (Å²) in [6.45, 7) is 8.32. The quantitative estimate of drug-likeness (QED) is 0.255. The van der Waals surface area contributed by atoms with Gasteiger partial charge in [0.25, 0.3) is 0 Å². The van der Waals surface area contributed by atoms with Crippen LogP contribution in [0.5, 0.6) is 5.75 Å². The molecule has 1 aliphatic rings. The first-order valence-corrected chi connectivity index (χ1v) is 12.0. The standard InChI is InChI=1S/C23H27FN4O4.C4H8O/c1-5-26-23(22-15(2)12-18(13-19(22)24)32-11-10-31-4)28-17-8-6-16(7-9-17)27-21(30)14-20(29)25-3;1-2-4-5-3-1/h5-9,12-13,28H,2,10-11,14H2,1,3-4H3,(H,25,29)(H,27,30);1-4H2/b23-22-,26-5-;. The molecule has 9 nitrogen and oxygen atoms in total. The van der Waals surface area contributed by atoms with Crippen molar-refractivity contribution in [2.75, 3.05) is 51.2 Å². The van der Waals surface area contributed by atoms with Crippen molar-refractivity contribution in [1.82, 2.24) is 5.32 Å². The Kier molecular flexibility index (Phi) is 12.8. The maximum absolute atomic E-state index is 14.9. The lowest BCUT2D eigenvalue weighted by Crippen LogP contribution is -2.31. The zero-order valence-corrected chi connectivity index (χ0v) is 21.6. The van der Waals surface area contributed by atoms with Gasteiger partial charge in [0, 0.05) is 51.0 Å². The van der Waals surface area contributed by atoms with Crippen molar-refractivity contribution in [1.29, 1.82) is 0 Å². The van der Waals surface area contributed by atoms with Gasteiger partial charge in [-0.25, -0.2) is 9.38 Å². The van der Waals surface area contributed by atoms with Crippen LogP contribution in [0.25, 0.3) is 12.4 Å². The molecule has 200 valence electrons. The fourth-order valence-corrected chi connectivity index (χ4v) is 3.24. The summed E-state index contributed by atoms with van der Waals surface area (Å²) in [6, 6.07) is 9.62. The van der Waals surface area contributed by atoms with Gasteiger partial charge >= 0.3 is 0 Å². The van der Waals surface area contributed by atoms with Crippen LogP contribution < -0.4 is 31.1 Å². The van der Waals surface area contributed by atoms with E-state index in [1.54, 1.807) is 44.4 Å². The summed E-state index contributed by atoms with van der Waals surface area (Å²) >= 11 is 0. The number of anilines is 2. The minimum atomic E-state index is -0.531. The van der Waals surface area contributed by atoms with E-state index in [1.807, 2.05) is 0 Å². The molecule has 0 saturated carbocycles. The van der Waals surface area contributed by atoms with Gasteiger partial charge in [-0.05, 0) is 55.3 Å². The molecule has 0 aromatic heterocycles. The van der Waals surface area contributed by atoms with Gasteiger partial charge in [-0.1, -0.05) is 6.58 Å². The number of hydrogen-bond donors (Lipinski definition) is 3. The second-order valence-corrected chi connectivity index (χ2v) is 7.94. The number of methoxy groups -OCH3 is 1. The van der Waals surface area contributed by atoms with Crippen molar-refractivity contribution < 1.29 is 28.2 Å². The zero-order valence-electron chi connectivity index (χ0n) is 21.6. The molecule has 1 fully saturated rings. The van der Waals surface area contributed by atoms with Gasteiger partial charge < -0.3 is 30.2 Å². The van der Waals surface area contributed by atoms with Crippen LogP contribution in [0.2, 0.25) is 0 Å². The van der Waals surface area contributed by atoms with Crippen LogP contribution in [0.15, 0.2) is 41.4 Å². The molecule has 1 aliphatic heterocycles. The molecule has 2 amide bonds. The van der Waals surface area contributed by atoms with Gasteiger partial charge in [-0.3, -0.25) is 9.59 Å². The summed E-state index contributed by atoms with van der Waals surface area (Å²) in [4.78, 5) is 27.4. The summed E-state index contributed by atoms with van der Waals surface area (Å²) in [7, 11) is 3.02. The Hall–Kier alpha value is -3.76. The number of benzene rings is 2. The average molecular weight is 515 g/mol. The van der Waals surface area contributed by atoms with Gasteiger partial charge in [0.2, 0.25) is 11.8 Å². The Labute approximate surface area is 216 Å². The topological polar surface area (TPSA) is 110 Å². The molecular weight excluding hydrogens is 479 g/mol. The Balaban J connectivity index is 0.000000856. The Morgan fingerprint density at radius 1 is 1.08 bits per heavy atom. The van der Waals surface area contributed by atoms with Gasteiger partial charge in [0.05, 0.1) is 11.8 Å². The van der Waals surface area contributed by atoms with Crippen LogP contribution in [-0.2, 0) is 19.1 Å². The minimum Gasteiger partial charge on any atom is -0.491 e. The second kappa shape index (κ2) is 16.1. The van der Waals surface area contributed by atoms with E-state index in [2.05, 4.69) is 27.5 Å². The van der Waals surface area contributed by atoms with Crippen LogP contribution in [0.4, 0.5) is 15.8 Å². The van der Waals surface area contributed by atoms with E-state index in [0.29, 0.717) is 35.6 Å². The molecule has 3 N–H and O–H groups in total. The van der Waals surface area contributed by atoms with Gasteiger partial charge in [-0.2, -0.15) is 0 Å². The fraction of sp³-hybridized carbons (Fsp3) is 0.370. The molecule has 0 unspecified atom stereocenters. The van der Waals surface area contributed by atoms with Crippen LogP contribution >= 0.6 is 0 Å². The number of ether oxygens (including phenoxy) is 3. The molecule has 10 heteroatoms. The first kappa shape index (κ1) is 29.5. The number of aliphatic imine (C=N–C) groups is 1. The van der Waals surface area contributed by atoms with Gasteiger partial charge in [0.15, 0.2) is 0 Å². The predicted octanol–water partition coefficient (Wildman–Crippen LogP) is 2.40. The third kappa shape index (κ3) is 10.4. The van der Waals surface area contributed by atoms with Crippen LogP contribution in [-0.4, -0.2) is 58.6 Å². The Morgan fingerprint density at radius 3 is 2.24 bits per heavy atom. The molecule has 2 aromatic rings. The number of nitrogens with one attached hydrogen (secondary N) is 3. The molecule has 37 heavy (non-hydrogen) atoms. The number of halogens is 1. The SMILES string of the molecule is C1CCOC1.C=c1cc(OCCOC)cc(F)/c1=C(/N=C\C)Nc1ccc(NC(=O)CC(=O)NC)cc1. The number of amides is 2. The summed E-state index contributed by atoms with van der Waals surface area (Å²) in [5, 5.41) is 8.71. The maximum atomic E-state index is 14.9. The van der Waals surface area contributed by atoms with Gasteiger partial charge in [-0.15, -0.1) is 0 Å². The highest BCUT2D eigenvalue weighted by Gasteiger charge is 2.09. The summed E-state index contributed by atoms with van der Waals surface area (Å²) < 4.78 is 30.2. The summed E-state index contributed by atoms with van der Waals surface area (Å²) in [6.07, 6.45) is 3.83. The predicted molar refractivity (Wildman–Crippen MR) is 144 cm³/mol. The van der Waals surface area contributed by atoms with E-state index in [1.165, 1.54) is 32.2 Å². The van der Waals surface area contributed by atoms with E-state index in [0.717, 1.165) is 13.2 Å². The lowest BCUT2D eigenvalue weighted by Gasteiger charge is -2.11. The third-order valence-electron chi connectivity index (χ3n) is 5.06. The van der Waals surface area contributed by atoms with Gasteiger partial charge in [0.1, 0.15) is 30.4 Å². The maximum Gasteiger partial charge on any atom is 0.233 e. The monoisotopic (exact) mass is 514 g/mol. The summed E-state index contributed by atoms with van der Waals surface area (Å²) in [5.41, 5.74) is 1.14. The first-order chi connectivity index (χ1) is 17.9. The number of carbonyl (C=O) groups is 2. The van der Waals surface area contributed by atoms with Crippen LogP contribution in [0, 0.1) is 5.82 Å². The van der Waals surface area contributed by atoms with E-state index in [-0.39, 0.29) is 23.4 Å². The Morgan fingerprint density at radius 2 is 1.73 bits per heavy atom. The van der Waals surface area contributed by atoms with Crippen molar-refractivity contribution in [3.8, 4) is 5.75 Å². The summed E-state index contributed by atoms with van der Waals surface area (Å²) in [5.74, 6) is -0.709. The highest BCUT2D eigenvalue weighted by molar-refractivity contribution is 6.03. The number of nitrogens with zero attached hydrogens (tertiary/aromatic N) is 1. The molecule has 2 aromatic carbocycles. The lowest BCUT2D eigenvalue weighted by molar-refractivity contribution is -0.126. The normalized spacial score (nSPS) is 13.4. The van der Waals surface area contributed by atoms with Crippen molar-refractivity contribution in [2.24, 2.45) is 4.99 Å². The highest BCUT2D eigenvalue weighted by atomic mass is 19.1. The molecule has 0 aliphatic carbocycles. The van der Waals surface area contributed by atoms with E-state index in [4.69, 9.17) is 14.2 Å². The highest BCUT2D eigenvalue weighted by Crippen LogP contribution is 2.16.